The molecule has 0 aromatic heterocycles. The minimum atomic E-state index is -3.84. The Morgan fingerprint density at radius 3 is 2.41 bits per heavy atom. The van der Waals surface area contributed by atoms with Crippen molar-refractivity contribution in [2.45, 2.75) is 43.6 Å². The molecule has 0 aliphatic heterocycles. The summed E-state index contributed by atoms with van der Waals surface area (Å²) in [6.45, 7) is 1.91. The van der Waals surface area contributed by atoms with Crippen LogP contribution in [0.1, 0.15) is 43.0 Å². The van der Waals surface area contributed by atoms with Crippen molar-refractivity contribution < 1.29 is 22.7 Å². The molecule has 0 saturated heterocycles. The maximum absolute atomic E-state index is 12.7. The summed E-state index contributed by atoms with van der Waals surface area (Å²) in [6.07, 6.45) is 4.61. The third-order valence-corrected chi connectivity index (χ3v) is 5.79. The zero-order valence-corrected chi connectivity index (χ0v) is 16.0. The normalized spacial score (nSPS) is 14.7. The topological polar surface area (TPSA) is 81.7 Å². The van der Waals surface area contributed by atoms with E-state index in [1.54, 1.807) is 31.2 Å². The molecule has 7 heteroatoms. The Morgan fingerprint density at radius 1 is 1.07 bits per heavy atom. The average Bonchev–Trinajstić information content (AvgIpc) is 3.15. The molecule has 6 nitrogen and oxygen atoms in total. The Morgan fingerprint density at radius 2 is 1.74 bits per heavy atom. The molecule has 0 amide bonds. The average molecular weight is 389 g/mol. The first-order valence-corrected chi connectivity index (χ1v) is 10.5. The fourth-order valence-corrected chi connectivity index (χ4v) is 4.14. The molecule has 1 fully saturated rings. The Hall–Kier alpha value is -2.54. The first-order chi connectivity index (χ1) is 13.0. The fourth-order valence-electron chi connectivity index (χ4n) is 3.06. The van der Waals surface area contributed by atoms with Crippen LogP contribution in [0, 0.1) is 0 Å². The number of hydrogen-bond acceptors (Lipinski definition) is 5. The summed E-state index contributed by atoms with van der Waals surface area (Å²) in [4.78, 5) is 12.1. The molecular formula is C20H23NO5S. The summed E-state index contributed by atoms with van der Waals surface area (Å²) in [5, 5.41) is 0. The van der Waals surface area contributed by atoms with Crippen LogP contribution in [0.25, 0.3) is 0 Å². The van der Waals surface area contributed by atoms with Crippen LogP contribution in [0.4, 0.5) is 5.69 Å². The number of ether oxygens (including phenoxy) is 2. The number of para-hydroxylation sites is 1. The maximum Gasteiger partial charge on any atom is 0.340 e. The van der Waals surface area contributed by atoms with Crippen LogP contribution in [0.15, 0.2) is 53.4 Å². The van der Waals surface area contributed by atoms with Gasteiger partial charge in [0.1, 0.15) is 5.75 Å². The molecular weight excluding hydrogens is 366 g/mol. The lowest BCUT2D eigenvalue weighted by atomic mass is 10.2. The molecule has 1 saturated carbocycles. The van der Waals surface area contributed by atoms with Crippen molar-refractivity contribution >= 4 is 21.7 Å². The van der Waals surface area contributed by atoms with E-state index in [9.17, 15) is 13.2 Å². The first-order valence-electron chi connectivity index (χ1n) is 9.05. The number of carbonyl (C=O) groups is 1. The van der Waals surface area contributed by atoms with E-state index in [-0.39, 0.29) is 28.9 Å². The number of nitrogens with one attached hydrogen (secondary N) is 1. The first kappa shape index (κ1) is 19.2. The zero-order chi connectivity index (χ0) is 19.3. The van der Waals surface area contributed by atoms with Crippen molar-refractivity contribution in [2.24, 2.45) is 0 Å². The second-order valence-electron chi connectivity index (χ2n) is 6.37. The summed E-state index contributed by atoms with van der Waals surface area (Å²) in [5.41, 5.74) is 0.353. The summed E-state index contributed by atoms with van der Waals surface area (Å²) in [7, 11) is -3.84. The number of sulfonamides is 1. The summed E-state index contributed by atoms with van der Waals surface area (Å²) in [5.74, 6) is 0.0869. The molecule has 2 aromatic carbocycles. The molecule has 1 aliphatic rings. The lowest BCUT2D eigenvalue weighted by molar-refractivity contribution is 0.0527. The van der Waals surface area contributed by atoms with Gasteiger partial charge in [0.15, 0.2) is 0 Å². The van der Waals surface area contributed by atoms with Gasteiger partial charge in [-0.15, -0.1) is 0 Å². The third-order valence-electron chi connectivity index (χ3n) is 4.41. The molecule has 3 rings (SSSR count). The van der Waals surface area contributed by atoms with Gasteiger partial charge in [-0.25, -0.2) is 13.2 Å². The molecule has 27 heavy (non-hydrogen) atoms. The van der Waals surface area contributed by atoms with Crippen molar-refractivity contribution in [2.75, 3.05) is 11.3 Å². The van der Waals surface area contributed by atoms with Gasteiger partial charge >= 0.3 is 5.97 Å². The smallest absolute Gasteiger partial charge is 0.340 e. The predicted octanol–water partition coefficient (Wildman–Crippen LogP) is 3.99. The Bertz CT molecular complexity index is 887. The highest BCUT2D eigenvalue weighted by atomic mass is 32.2. The summed E-state index contributed by atoms with van der Waals surface area (Å²) >= 11 is 0. The highest BCUT2D eigenvalue weighted by molar-refractivity contribution is 7.92. The van der Waals surface area contributed by atoms with Crippen LogP contribution in [0.2, 0.25) is 0 Å². The number of rotatable bonds is 7. The molecule has 0 radical (unpaired) electrons. The highest BCUT2D eigenvalue weighted by Gasteiger charge is 2.20. The van der Waals surface area contributed by atoms with Crippen molar-refractivity contribution in [3.8, 4) is 5.75 Å². The summed E-state index contributed by atoms with van der Waals surface area (Å²) < 4.78 is 38.7. The van der Waals surface area contributed by atoms with E-state index in [0.717, 1.165) is 12.8 Å². The van der Waals surface area contributed by atoms with Crippen molar-refractivity contribution in [3.05, 3.63) is 54.1 Å². The molecule has 0 spiro atoms. The van der Waals surface area contributed by atoms with E-state index in [1.165, 1.54) is 37.1 Å². The Kier molecular flexibility index (Phi) is 6.01. The second-order valence-corrected chi connectivity index (χ2v) is 8.05. The van der Waals surface area contributed by atoms with Crippen LogP contribution < -0.4 is 9.46 Å². The van der Waals surface area contributed by atoms with E-state index in [1.807, 2.05) is 0 Å². The highest BCUT2D eigenvalue weighted by Crippen LogP contribution is 2.26. The molecule has 144 valence electrons. The van der Waals surface area contributed by atoms with Gasteiger partial charge < -0.3 is 9.47 Å². The lowest BCUT2D eigenvalue weighted by Crippen LogP contribution is -2.16. The molecule has 0 atom stereocenters. The second kappa shape index (κ2) is 8.43. The predicted molar refractivity (Wildman–Crippen MR) is 103 cm³/mol. The van der Waals surface area contributed by atoms with E-state index >= 15 is 0 Å². The van der Waals surface area contributed by atoms with Crippen molar-refractivity contribution in [1.82, 2.24) is 0 Å². The standard InChI is InChI=1S/C20H23NO5S/c1-2-25-20(22)18-9-5-6-10-19(18)21-27(23,24)17-13-11-16(12-14-17)26-15-7-3-4-8-15/h5-6,9-15,21H,2-4,7-8H2,1H3. The molecule has 2 aromatic rings. The van der Waals surface area contributed by atoms with Crippen LogP contribution in [-0.2, 0) is 14.8 Å². The van der Waals surface area contributed by atoms with Crippen LogP contribution in [0.3, 0.4) is 0 Å². The van der Waals surface area contributed by atoms with E-state index in [4.69, 9.17) is 9.47 Å². The van der Waals surface area contributed by atoms with Gasteiger partial charge in [-0.05, 0) is 69.0 Å². The number of esters is 1. The van der Waals surface area contributed by atoms with Crippen LogP contribution in [-0.4, -0.2) is 27.1 Å². The SMILES string of the molecule is CCOC(=O)c1ccccc1NS(=O)(=O)c1ccc(OC2CCCC2)cc1. The quantitative estimate of drug-likeness (QED) is 0.724. The van der Waals surface area contributed by atoms with E-state index in [2.05, 4.69) is 4.72 Å². The van der Waals surface area contributed by atoms with Gasteiger partial charge in [-0.3, -0.25) is 4.72 Å². The number of anilines is 1. The third kappa shape index (κ3) is 4.80. The Balaban J connectivity index is 1.76. The minimum Gasteiger partial charge on any atom is -0.490 e. The van der Waals surface area contributed by atoms with Gasteiger partial charge in [-0.2, -0.15) is 0 Å². The van der Waals surface area contributed by atoms with Crippen molar-refractivity contribution in [1.29, 1.82) is 0 Å². The van der Waals surface area contributed by atoms with E-state index < -0.39 is 16.0 Å². The van der Waals surface area contributed by atoms with Gasteiger partial charge in [0.05, 0.1) is 28.9 Å². The monoisotopic (exact) mass is 389 g/mol. The molecule has 0 unspecified atom stereocenters. The largest absolute Gasteiger partial charge is 0.490 e. The molecule has 1 N–H and O–H groups in total. The minimum absolute atomic E-state index is 0.0972. The van der Waals surface area contributed by atoms with Crippen LogP contribution in [0.5, 0.6) is 5.75 Å². The van der Waals surface area contributed by atoms with Crippen LogP contribution >= 0.6 is 0 Å². The van der Waals surface area contributed by atoms with E-state index in [0.29, 0.717) is 5.75 Å². The number of carbonyl (C=O) groups excluding carboxylic acids is 1. The molecule has 0 heterocycles. The van der Waals surface area contributed by atoms with Gasteiger partial charge in [-0.1, -0.05) is 12.1 Å². The van der Waals surface area contributed by atoms with Gasteiger partial charge in [0.25, 0.3) is 10.0 Å². The Labute approximate surface area is 159 Å². The summed E-state index contributed by atoms with van der Waals surface area (Å²) in [6, 6.07) is 12.7. The lowest BCUT2D eigenvalue weighted by Gasteiger charge is -2.14. The number of hydrogen-bond donors (Lipinski definition) is 1. The molecule has 0 bridgehead atoms. The zero-order valence-electron chi connectivity index (χ0n) is 15.2. The maximum atomic E-state index is 12.7. The molecule has 1 aliphatic carbocycles. The van der Waals surface area contributed by atoms with Gasteiger partial charge in [0, 0.05) is 0 Å². The van der Waals surface area contributed by atoms with Crippen molar-refractivity contribution in [3.63, 3.8) is 0 Å². The fraction of sp³-hybridized carbons (Fsp3) is 0.350. The van der Waals surface area contributed by atoms with Gasteiger partial charge in [0.2, 0.25) is 0 Å². The number of benzene rings is 2.